The number of rotatable bonds is 3. The fraction of sp³-hybridized carbons (Fsp3) is 0.500. The van der Waals surface area contributed by atoms with Crippen LogP contribution in [0.4, 0.5) is 4.39 Å². The van der Waals surface area contributed by atoms with E-state index < -0.39 is 5.82 Å². The van der Waals surface area contributed by atoms with Gasteiger partial charge in [0.15, 0.2) is 0 Å². The maximum absolute atomic E-state index is 13.9. The number of fused-ring (bicyclic) bond motifs is 1. The summed E-state index contributed by atoms with van der Waals surface area (Å²) in [5.41, 5.74) is 0.172. The summed E-state index contributed by atoms with van der Waals surface area (Å²) >= 11 is 0. The molecule has 0 bridgehead atoms. The molecule has 1 saturated heterocycles. The van der Waals surface area contributed by atoms with Gasteiger partial charge in [-0.1, -0.05) is 6.07 Å². The molecule has 0 N–H and O–H groups in total. The van der Waals surface area contributed by atoms with Gasteiger partial charge in [0.1, 0.15) is 11.2 Å². The Balaban J connectivity index is 1.60. The number of halogens is 1. The highest BCUT2D eigenvalue weighted by molar-refractivity contribution is 5.77. The SMILES string of the molecule is O=c1c2c(F)cccc2ncn1CC1CCN(C2CC2)C1. The van der Waals surface area contributed by atoms with Gasteiger partial charge in [-0.05, 0) is 43.9 Å². The van der Waals surface area contributed by atoms with Crippen LogP contribution in [0, 0.1) is 11.7 Å². The van der Waals surface area contributed by atoms with E-state index in [0.717, 1.165) is 25.6 Å². The maximum Gasteiger partial charge on any atom is 0.264 e. The number of hydrogen-bond acceptors (Lipinski definition) is 3. The van der Waals surface area contributed by atoms with Crippen LogP contribution in [0.5, 0.6) is 0 Å². The fourth-order valence-electron chi connectivity index (χ4n) is 3.35. The van der Waals surface area contributed by atoms with Crippen LogP contribution < -0.4 is 5.56 Å². The van der Waals surface area contributed by atoms with Crippen molar-refractivity contribution >= 4 is 10.9 Å². The molecule has 1 saturated carbocycles. The summed E-state index contributed by atoms with van der Waals surface area (Å²) < 4.78 is 15.4. The van der Waals surface area contributed by atoms with Gasteiger partial charge in [0.05, 0.1) is 11.8 Å². The van der Waals surface area contributed by atoms with E-state index in [4.69, 9.17) is 0 Å². The minimum Gasteiger partial charge on any atom is -0.300 e. The summed E-state index contributed by atoms with van der Waals surface area (Å²) in [5, 5.41) is 0.108. The lowest BCUT2D eigenvalue weighted by atomic mass is 10.1. The largest absolute Gasteiger partial charge is 0.300 e. The van der Waals surface area contributed by atoms with Crippen molar-refractivity contribution < 1.29 is 4.39 Å². The number of likely N-dealkylation sites (tertiary alicyclic amines) is 1. The molecule has 2 aromatic rings. The maximum atomic E-state index is 13.9. The topological polar surface area (TPSA) is 38.1 Å². The Labute approximate surface area is 122 Å². The Morgan fingerprint density at radius 1 is 1.29 bits per heavy atom. The van der Waals surface area contributed by atoms with Gasteiger partial charge in [-0.25, -0.2) is 9.37 Å². The Morgan fingerprint density at radius 2 is 2.14 bits per heavy atom. The molecule has 5 heteroatoms. The first-order chi connectivity index (χ1) is 10.2. The molecule has 110 valence electrons. The van der Waals surface area contributed by atoms with E-state index in [0.29, 0.717) is 18.0 Å². The van der Waals surface area contributed by atoms with Crippen molar-refractivity contribution in [3.63, 3.8) is 0 Å². The van der Waals surface area contributed by atoms with Gasteiger partial charge < -0.3 is 4.90 Å². The molecule has 21 heavy (non-hydrogen) atoms. The van der Waals surface area contributed by atoms with Crippen LogP contribution in [0.25, 0.3) is 10.9 Å². The third kappa shape index (κ3) is 2.35. The van der Waals surface area contributed by atoms with Gasteiger partial charge in [-0.15, -0.1) is 0 Å². The molecule has 1 aromatic carbocycles. The van der Waals surface area contributed by atoms with Gasteiger partial charge in [0, 0.05) is 19.1 Å². The minimum absolute atomic E-state index is 0.108. The van der Waals surface area contributed by atoms with Gasteiger partial charge in [-0.2, -0.15) is 0 Å². The van der Waals surface area contributed by atoms with E-state index in [9.17, 15) is 9.18 Å². The molecule has 4 rings (SSSR count). The molecule has 0 amide bonds. The molecule has 1 unspecified atom stereocenters. The van der Waals surface area contributed by atoms with E-state index in [2.05, 4.69) is 9.88 Å². The molecule has 4 nitrogen and oxygen atoms in total. The van der Waals surface area contributed by atoms with Crippen LogP contribution in [0.3, 0.4) is 0 Å². The summed E-state index contributed by atoms with van der Waals surface area (Å²) in [6.45, 7) is 2.81. The zero-order valence-electron chi connectivity index (χ0n) is 11.8. The zero-order valence-corrected chi connectivity index (χ0v) is 11.8. The summed E-state index contributed by atoms with van der Waals surface area (Å²) in [7, 11) is 0. The second-order valence-corrected chi connectivity index (χ2v) is 6.22. The van der Waals surface area contributed by atoms with E-state index in [1.54, 1.807) is 23.0 Å². The van der Waals surface area contributed by atoms with Crippen LogP contribution in [0.2, 0.25) is 0 Å². The van der Waals surface area contributed by atoms with Crippen molar-refractivity contribution in [3.8, 4) is 0 Å². The molecule has 1 aliphatic heterocycles. The molecule has 2 fully saturated rings. The Kier molecular flexibility index (Phi) is 3.03. The van der Waals surface area contributed by atoms with Crippen molar-refractivity contribution in [2.75, 3.05) is 13.1 Å². The summed E-state index contributed by atoms with van der Waals surface area (Å²) in [6, 6.07) is 5.35. The Morgan fingerprint density at radius 3 is 2.95 bits per heavy atom. The molecule has 2 aliphatic rings. The highest BCUT2D eigenvalue weighted by atomic mass is 19.1. The summed E-state index contributed by atoms with van der Waals surface area (Å²) in [4.78, 5) is 19.2. The Bertz CT molecular complexity index is 738. The van der Waals surface area contributed by atoms with E-state index in [1.807, 2.05) is 0 Å². The summed E-state index contributed by atoms with van der Waals surface area (Å²) in [6.07, 6.45) is 5.30. The third-order valence-electron chi connectivity index (χ3n) is 4.64. The van der Waals surface area contributed by atoms with Gasteiger partial charge in [0.25, 0.3) is 5.56 Å². The van der Waals surface area contributed by atoms with Crippen molar-refractivity contribution in [3.05, 3.63) is 40.7 Å². The predicted molar refractivity (Wildman–Crippen MR) is 78.7 cm³/mol. The first-order valence-electron chi connectivity index (χ1n) is 7.60. The van der Waals surface area contributed by atoms with Crippen molar-refractivity contribution in [1.82, 2.24) is 14.5 Å². The van der Waals surface area contributed by atoms with E-state index >= 15 is 0 Å². The van der Waals surface area contributed by atoms with Gasteiger partial charge >= 0.3 is 0 Å². The first kappa shape index (κ1) is 13.0. The standard InChI is InChI=1S/C16H18FN3O/c17-13-2-1-3-14-15(13)16(21)20(10-18-14)9-11-6-7-19(8-11)12-4-5-12/h1-3,10-12H,4-9H2. The molecule has 1 aromatic heterocycles. The van der Waals surface area contributed by atoms with Crippen LogP contribution in [-0.2, 0) is 6.54 Å². The minimum atomic E-state index is -0.481. The zero-order chi connectivity index (χ0) is 14.4. The van der Waals surface area contributed by atoms with E-state index in [-0.39, 0.29) is 10.9 Å². The number of aromatic nitrogens is 2. The highest BCUT2D eigenvalue weighted by Crippen LogP contribution is 2.32. The van der Waals surface area contributed by atoms with Crippen LogP contribution >= 0.6 is 0 Å². The average molecular weight is 287 g/mol. The monoisotopic (exact) mass is 287 g/mol. The van der Waals surface area contributed by atoms with Crippen LogP contribution in [0.1, 0.15) is 19.3 Å². The molecule has 0 radical (unpaired) electrons. The lowest BCUT2D eigenvalue weighted by molar-refractivity contribution is 0.306. The molecule has 2 heterocycles. The fourth-order valence-corrected chi connectivity index (χ4v) is 3.35. The van der Waals surface area contributed by atoms with Gasteiger partial charge in [-0.3, -0.25) is 9.36 Å². The quantitative estimate of drug-likeness (QED) is 0.867. The third-order valence-corrected chi connectivity index (χ3v) is 4.64. The van der Waals surface area contributed by atoms with Crippen molar-refractivity contribution in [1.29, 1.82) is 0 Å². The molecular formula is C16H18FN3O. The normalized spacial score (nSPS) is 23.0. The molecule has 1 atom stereocenters. The van der Waals surface area contributed by atoms with Crippen LogP contribution in [-0.4, -0.2) is 33.6 Å². The molecular weight excluding hydrogens is 269 g/mol. The first-order valence-corrected chi connectivity index (χ1v) is 7.60. The van der Waals surface area contributed by atoms with Gasteiger partial charge in [0.2, 0.25) is 0 Å². The lowest BCUT2D eigenvalue weighted by Gasteiger charge is -2.15. The van der Waals surface area contributed by atoms with E-state index in [1.165, 1.54) is 18.9 Å². The summed E-state index contributed by atoms with van der Waals surface area (Å²) in [5.74, 6) is -0.0142. The van der Waals surface area contributed by atoms with Crippen LogP contribution in [0.15, 0.2) is 29.3 Å². The predicted octanol–water partition coefficient (Wildman–Crippen LogP) is 2.02. The Hall–Kier alpha value is -1.75. The second-order valence-electron chi connectivity index (χ2n) is 6.22. The molecule has 1 aliphatic carbocycles. The van der Waals surface area contributed by atoms with Crippen molar-refractivity contribution in [2.45, 2.75) is 31.8 Å². The number of nitrogens with zero attached hydrogens (tertiary/aromatic N) is 3. The second kappa shape index (κ2) is 4.91. The lowest BCUT2D eigenvalue weighted by Crippen LogP contribution is -2.28. The number of hydrogen-bond donors (Lipinski definition) is 0. The highest BCUT2D eigenvalue weighted by Gasteiger charge is 2.34. The molecule has 0 spiro atoms. The van der Waals surface area contributed by atoms with Crippen molar-refractivity contribution in [2.24, 2.45) is 5.92 Å². The number of benzene rings is 1. The average Bonchev–Trinajstić information content (AvgIpc) is 3.22. The smallest absolute Gasteiger partial charge is 0.264 e.